The van der Waals surface area contributed by atoms with Crippen molar-refractivity contribution in [2.75, 3.05) is 6.54 Å². The third-order valence-electron chi connectivity index (χ3n) is 2.74. The number of aliphatic carboxylic acids is 1. The third kappa shape index (κ3) is 2.04. The van der Waals surface area contributed by atoms with Crippen molar-refractivity contribution in [2.45, 2.75) is 32.2 Å². The molecule has 1 aliphatic carbocycles. The summed E-state index contributed by atoms with van der Waals surface area (Å²) >= 11 is 0. The lowest BCUT2D eigenvalue weighted by molar-refractivity contribution is -0.142. The first kappa shape index (κ1) is 11.0. The van der Waals surface area contributed by atoms with Crippen LogP contribution in [0.1, 0.15) is 26.2 Å². The summed E-state index contributed by atoms with van der Waals surface area (Å²) in [6.45, 7) is 2.02. The average molecular weight is 200 g/mol. The van der Waals surface area contributed by atoms with Crippen molar-refractivity contribution in [1.29, 1.82) is 0 Å². The Bertz CT molecular complexity index is 248. The molecule has 0 aliphatic heterocycles. The van der Waals surface area contributed by atoms with Gasteiger partial charge in [-0.05, 0) is 19.3 Å². The highest BCUT2D eigenvalue weighted by atomic mass is 16.4. The first-order chi connectivity index (χ1) is 6.55. The summed E-state index contributed by atoms with van der Waals surface area (Å²) in [5.74, 6) is -1.21. The van der Waals surface area contributed by atoms with Crippen LogP contribution in [0.15, 0.2) is 0 Å². The summed E-state index contributed by atoms with van der Waals surface area (Å²) in [5.41, 5.74) is 4.99. The lowest BCUT2D eigenvalue weighted by Crippen LogP contribution is -2.45. The molecule has 0 aromatic heterocycles. The quantitative estimate of drug-likeness (QED) is 0.568. The van der Waals surface area contributed by atoms with Crippen molar-refractivity contribution >= 4 is 11.9 Å². The minimum absolute atomic E-state index is 0.214. The van der Waals surface area contributed by atoms with Gasteiger partial charge in [0.2, 0.25) is 5.91 Å². The Morgan fingerprint density at radius 1 is 1.57 bits per heavy atom. The Morgan fingerprint density at radius 2 is 2.14 bits per heavy atom. The number of carboxylic acid groups (broad SMARTS) is 1. The van der Waals surface area contributed by atoms with E-state index in [0.717, 1.165) is 12.8 Å². The van der Waals surface area contributed by atoms with Gasteiger partial charge in [-0.15, -0.1) is 0 Å². The molecule has 0 bridgehead atoms. The van der Waals surface area contributed by atoms with Gasteiger partial charge in [-0.1, -0.05) is 6.92 Å². The number of amides is 1. The Labute approximate surface area is 82.7 Å². The highest BCUT2D eigenvalue weighted by molar-refractivity contribution is 5.89. The minimum Gasteiger partial charge on any atom is -0.480 e. The van der Waals surface area contributed by atoms with Crippen LogP contribution >= 0.6 is 0 Å². The zero-order valence-electron chi connectivity index (χ0n) is 8.25. The van der Waals surface area contributed by atoms with E-state index in [1.54, 1.807) is 6.92 Å². The van der Waals surface area contributed by atoms with Gasteiger partial charge >= 0.3 is 5.97 Å². The Kier molecular flexibility index (Phi) is 3.10. The van der Waals surface area contributed by atoms with Gasteiger partial charge < -0.3 is 16.2 Å². The topological polar surface area (TPSA) is 92.4 Å². The maximum absolute atomic E-state index is 11.6. The fraction of sp³-hybridized carbons (Fsp3) is 0.778. The predicted octanol–water partition coefficient (Wildman–Crippen LogP) is -0.295. The highest BCUT2D eigenvalue weighted by Gasteiger charge is 2.49. The zero-order valence-corrected chi connectivity index (χ0v) is 8.25. The number of carbonyl (C=O) groups excluding carboxylic acids is 1. The van der Waals surface area contributed by atoms with Gasteiger partial charge in [0.15, 0.2) is 0 Å². The molecule has 0 radical (unpaired) electrons. The molecule has 5 heteroatoms. The molecule has 5 nitrogen and oxygen atoms in total. The first-order valence-corrected chi connectivity index (χ1v) is 4.79. The Morgan fingerprint density at radius 3 is 2.43 bits per heavy atom. The van der Waals surface area contributed by atoms with Crippen molar-refractivity contribution < 1.29 is 14.7 Å². The van der Waals surface area contributed by atoms with E-state index in [-0.39, 0.29) is 5.91 Å². The van der Waals surface area contributed by atoms with Crippen LogP contribution in [0.25, 0.3) is 0 Å². The summed E-state index contributed by atoms with van der Waals surface area (Å²) in [6, 6.07) is -0.786. The average Bonchev–Trinajstić information content (AvgIpc) is 2.93. The molecule has 0 saturated heterocycles. The Balaban J connectivity index is 2.51. The molecule has 1 amide bonds. The molecule has 14 heavy (non-hydrogen) atoms. The van der Waals surface area contributed by atoms with Crippen molar-refractivity contribution in [3.8, 4) is 0 Å². The Hall–Kier alpha value is -1.10. The molecular weight excluding hydrogens is 184 g/mol. The van der Waals surface area contributed by atoms with Crippen molar-refractivity contribution in [1.82, 2.24) is 5.32 Å². The van der Waals surface area contributed by atoms with Gasteiger partial charge in [0.1, 0.15) is 6.04 Å². The second kappa shape index (κ2) is 3.96. The third-order valence-corrected chi connectivity index (χ3v) is 2.74. The van der Waals surface area contributed by atoms with E-state index in [1.807, 2.05) is 0 Å². The minimum atomic E-state index is -0.992. The van der Waals surface area contributed by atoms with Crippen LogP contribution in [0, 0.1) is 5.41 Å². The van der Waals surface area contributed by atoms with E-state index in [2.05, 4.69) is 5.32 Å². The fourth-order valence-corrected chi connectivity index (χ4v) is 1.32. The van der Waals surface area contributed by atoms with Gasteiger partial charge in [-0.3, -0.25) is 4.79 Å². The number of carboxylic acids is 1. The maximum Gasteiger partial charge on any atom is 0.326 e. The van der Waals surface area contributed by atoms with Crippen LogP contribution in [0.5, 0.6) is 0 Å². The molecule has 0 unspecified atom stereocenters. The SMILES string of the molecule is CC[C@@H](NC(=O)C1(CN)CC1)C(=O)O. The highest BCUT2D eigenvalue weighted by Crippen LogP contribution is 2.44. The van der Waals surface area contributed by atoms with Crippen LogP contribution < -0.4 is 11.1 Å². The molecule has 1 fully saturated rings. The summed E-state index contributed by atoms with van der Waals surface area (Å²) in [7, 11) is 0. The predicted molar refractivity (Wildman–Crippen MR) is 50.6 cm³/mol. The zero-order chi connectivity index (χ0) is 10.8. The number of nitrogens with one attached hydrogen (secondary N) is 1. The van der Waals surface area contributed by atoms with E-state index in [4.69, 9.17) is 10.8 Å². The van der Waals surface area contributed by atoms with Crippen LogP contribution in [0.3, 0.4) is 0 Å². The maximum atomic E-state index is 11.6. The normalized spacial score (nSPS) is 19.9. The molecule has 0 aromatic carbocycles. The van der Waals surface area contributed by atoms with E-state index in [1.165, 1.54) is 0 Å². The molecule has 4 N–H and O–H groups in total. The standard InChI is InChI=1S/C9H16N2O3/c1-2-6(7(12)13)11-8(14)9(5-10)3-4-9/h6H,2-5,10H2,1H3,(H,11,14)(H,12,13)/t6-/m1/s1. The molecule has 80 valence electrons. The number of hydrogen-bond acceptors (Lipinski definition) is 3. The van der Waals surface area contributed by atoms with Gasteiger partial charge in [0.05, 0.1) is 5.41 Å². The second-order valence-corrected chi connectivity index (χ2v) is 3.76. The molecule has 0 heterocycles. The first-order valence-electron chi connectivity index (χ1n) is 4.79. The van der Waals surface area contributed by atoms with Crippen LogP contribution in [-0.4, -0.2) is 29.6 Å². The lowest BCUT2D eigenvalue weighted by atomic mass is 10.1. The van der Waals surface area contributed by atoms with Crippen molar-refractivity contribution in [2.24, 2.45) is 11.1 Å². The van der Waals surface area contributed by atoms with E-state index < -0.39 is 17.4 Å². The smallest absolute Gasteiger partial charge is 0.326 e. The summed E-state index contributed by atoms with van der Waals surface area (Å²) in [4.78, 5) is 22.2. The summed E-state index contributed by atoms with van der Waals surface area (Å²) < 4.78 is 0. The number of nitrogens with two attached hydrogens (primary N) is 1. The molecule has 1 saturated carbocycles. The van der Waals surface area contributed by atoms with Crippen LogP contribution in [0.4, 0.5) is 0 Å². The lowest BCUT2D eigenvalue weighted by Gasteiger charge is -2.17. The largest absolute Gasteiger partial charge is 0.480 e. The molecule has 0 aromatic rings. The summed E-state index contributed by atoms with van der Waals surface area (Å²) in [6.07, 6.45) is 1.93. The summed E-state index contributed by atoms with van der Waals surface area (Å²) in [5, 5.41) is 11.2. The molecule has 1 atom stereocenters. The molecular formula is C9H16N2O3. The van der Waals surface area contributed by atoms with E-state index >= 15 is 0 Å². The molecule has 0 spiro atoms. The van der Waals surface area contributed by atoms with Gasteiger partial charge in [0.25, 0.3) is 0 Å². The molecule has 1 rings (SSSR count). The van der Waals surface area contributed by atoms with Crippen molar-refractivity contribution in [3.05, 3.63) is 0 Å². The number of carbonyl (C=O) groups is 2. The van der Waals surface area contributed by atoms with Gasteiger partial charge in [-0.25, -0.2) is 4.79 Å². The van der Waals surface area contributed by atoms with Crippen molar-refractivity contribution in [3.63, 3.8) is 0 Å². The van der Waals surface area contributed by atoms with Crippen LogP contribution in [-0.2, 0) is 9.59 Å². The number of rotatable bonds is 5. The van der Waals surface area contributed by atoms with Gasteiger partial charge in [0, 0.05) is 6.54 Å². The molecule has 1 aliphatic rings. The van der Waals surface area contributed by atoms with Crippen LogP contribution in [0.2, 0.25) is 0 Å². The number of hydrogen-bond donors (Lipinski definition) is 3. The second-order valence-electron chi connectivity index (χ2n) is 3.76. The van der Waals surface area contributed by atoms with E-state index in [0.29, 0.717) is 13.0 Å². The monoisotopic (exact) mass is 200 g/mol. The van der Waals surface area contributed by atoms with E-state index in [9.17, 15) is 9.59 Å². The van der Waals surface area contributed by atoms with Gasteiger partial charge in [-0.2, -0.15) is 0 Å². The fourth-order valence-electron chi connectivity index (χ4n) is 1.32.